The van der Waals surface area contributed by atoms with Crippen LogP contribution in [0.4, 0.5) is 13.2 Å². The predicted octanol–water partition coefficient (Wildman–Crippen LogP) is 4.21. The lowest BCUT2D eigenvalue weighted by molar-refractivity contribution is -0.137. The second kappa shape index (κ2) is 7.20. The largest absolute Gasteiger partial charge is 0.497 e. The topological polar surface area (TPSA) is 64.2 Å². The van der Waals surface area contributed by atoms with Crippen molar-refractivity contribution >= 4 is 11.1 Å². The van der Waals surface area contributed by atoms with Gasteiger partial charge in [0.2, 0.25) is 11.1 Å². The van der Waals surface area contributed by atoms with E-state index in [0.717, 1.165) is 6.07 Å². The molecule has 0 aliphatic rings. The normalized spacial score (nSPS) is 12.6. The first kappa shape index (κ1) is 18.0. The minimum atomic E-state index is -4.62. The maximum absolute atomic E-state index is 13.4. The molecule has 0 saturated carbocycles. The van der Waals surface area contributed by atoms with Crippen molar-refractivity contribution < 1.29 is 26.3 Å². The summed E-state index contributed by atoms with van der Waals surface area (Å²) in [7, 11) is 1.49. The summed E-state index contributed by atoms with van der Waals surface area (Å²) in [5.74, 6) is 0.803. The molecule has 1 atom stereocenters. The van der Waals surface area contributed by atoms with Gasteiger partial charge in [-0.25, -0.2) is 4.21 Å². The molecule has 26 heavy (non-hydrogen) atoms. The number of rotatable bonds is 5. The standard InChI is InChI=1S/C17H13F3N2O3S/c1-24-11-5-7-12(8-6-11)25-26(23)15-4-2-3-13(17(18,19)20)16(15)14-9-10-21-22-14/h2-10H,1H3,(H,21,22). The molecule has 0 saturated heterocycles. The first-order chi connectivity index (χ1) is 12.4. The lowest BCUT2D eigenvalue weighted by Gasteiger charge is -2.15. The first-order valence-electron chi connectivity index (χ1n) is 7.34. The maximum Gasteiger partial charge on any atom is 0.417 e. The summed E-state index contributed by atoms with van der Waals surface area (Å²) in [5.41, 5.74) is -1.09. The molecule has 0 radical (unpaired) electrons. The number of nitrogens with zero attached hydrogens (tertiary/aromatic N) is 1. The number of alkyl halides is 3. The number of nitrogens with one attached hydrogen (secondary N) is 1. The van der Waals surface area contributed by atoms with Crippen molar-refractivity contribution in [3.63, 3.8) is 0 Å². The predicted molar refractivity (Wildman–Crippen MR) is 89.1 cm³/mol. The van der Waals surface area contributed by atoms with Crippen LogP contribution in [0.15, 0.2) is 59.6 Å². The first-order valence-corrected chi connectivity index (χ1v) is 8.42. The second-order valence-corrected chi connectivity index (χ2v) is 6.22. The molecule has 0 fully saturated rings. The van der Waals surface area contributed by atoms with Crippen molar-refractivity contribution in [2.45, 2.75) is 11.1 Å². The Labute approximate surface area is 149 Å². The van der Waals surface area contributed by atoms with Crippen molar-refractivity contribution in [3.05, 3.63) is 60.3 Å². The van der Waals surface area contributed by atoms with Gasteiger partial charge in [0.1, 0.15) is 11.5 Å². The number of hydrogen-bond acceptors (Lipinski definition) is 4. The summed E-state index contributed by atoms with van der Waals surface area (Å²) >= 11 is -2.17. The van der Waals surface area contributed by atoms with E-state index in [9.17, 15) is 17.4 Å². The Balaban J connectivity index is 2.02. The molecule has 0 spiro atoms. The van der Waals surface area contributed by atoms with Gasteiger partial charge in [-0.1, -0.05) is 6.07 Å². The van der Waals surface area contributed by atoms with Crippen LogP contribution in [0.2, 0.25) is 0 Å². The monoisotopic (exact) mass is 382 g/mol. The Hall–Kier alpha value is -2.81. The molecule has 1 aromatic heterocycles. The van der Waals surface area contributed by atoms with Gasteiger partial charge < -0.3 is 8.92 Å². The summed E-state index contributed by atoms with van der Waals surface area (Å²) in [6, 6.07) is 11.0. The number of halogens is 3. The van der Waals surface area contributed by atoms with Gasteiger partial charge in [0.05, 0.1) is 23.3 Å². The van der Waals surface area contributed by atoms with Crippen LogP contribution in [0.25, 0.3) is 11.3 Å². The zero-order valence-electron chi connectivity index (χ0n) is 13.4. The quantitative estimate of drug-likeness (QED) is 0.718. The van der Waals surface area contributed by atoms with Crippen LogP contribution in [0.1, 0.15) is 5.56 Å². The molecule has 0 bridgehead atoms. The highest BCUT2D eigenvalue weighted by molar-refractivity contribution is 7.80. The van der Waals surface area contributed by atoms with E-state index in [2.05, 4.69) is 10.2 Å². The van der Waals surface area contributed by atoms with Crippen LogP contribution in [0.3, 0.4) is 0 Å². The van der Waals surface area contributed by atoms with E-state index in [1.165, 1.54) is 43.6 Å². The molecule has 0 aliphatic heterocycles. The molecule has 1 N–H and O–H groups in total. The van der Waals surface area contributed by atoms with Gasteiger partial charge >= 0.3 is 6.18 Å². The van der Waals surface area contributed by atoms with E-state index in [1.54, 1.807) is 12.1 Å². The molecule has 1 unspecified atom stereocenters. The highest BCUT2D eigenvalue weighted by Crippen LogP contribution is 2.39. The smallest absolute Gasteiger partial charge is 0.417 e. The van der Waals surface area contributed by atoms with Gasteiger partial charge in [-0.3, -0.25) is 5.10 Å². The van der Waals surface area contributed by atoms with Gasteiger partial charge in [0, 0.05) is 11.8 Å². The number of H-pyrrole nitrogens is 1. The highest BCUT2D eigenvalue weighted by atomic mass is 32.2. The Morgan fingerprint density at radius 3 is 2.31 bits per heavy atom. The van der Waals surface area contributed by atoms with Crippen LogP contribution in [-0.2, 0) is 17.3 Å². The highest BCUT2D eigenvalue weighted by Gasteiger charge is 2.36. The van der Waals surface area contributed by atoms with E-state index in [-0.39, 0.29) is 21.9 Å². The van der Waals surface area contributed by atoms with Gasteiger partial charge in [0.15, 0.2) is 0 Å². The van der Waals surface area contributed by atoms with Crippen molar-refractivity contribution in [2.75, 3.05) is 7.11 Å². The van der Waals surface area contributed by atoms with Crippen LogP contribution < -0.4 is 8.92 Å². The van der Waals surface area contributed by atoms with Crippen molar-refractivity contribution in [2.24, 2.45) is 0 Å². The third-order valence-electron chi connectivity index (χ3n) is 3.51. The molecule has 3 rings (SSSR count). The molecule has 1 heterocycles. The Bertz CT molecular complexity index is 910. The van der Waals surface area contributed by atoms with Crippen molar-refractivity contribution in [1.29, 1.82) is 0 Å². The van der Waals surface area contributed by atoms with Crippen molar-refractivity contribution in [3.8, 4) is 22.8 Å². The molecule has 5 nitrogen and oxygen atoms in total. The number of benzene rings is 2. The zero-order valence-corrected chi connectivity index (χ0v) is 14.2. The minimum Gasteiger partial charge on any atom is -0.497 e. The fourth-order valence-electron chi connectivity index (χ4n) is 2.34. The lowest BCUT2D eigenvalue weighted by atomic mass is 10.0. The van der Waals surface area contributed by atoms with Crippen LogP contribution in [-0.4, -0.2) is 21.5 Å². The van der Waals surface area contributed by atoms with E-state index in [4.69, 9.17) is 8.92 Å². The second-order valence-electron chi connectivity index (χ2n) is 5.14. The molecule has 136 valence electrons. The van der Waals surface area contributed by atoms with E-state index < -0.39 is 22.8 Å². The fourth-order valence-corrected chi connectivity index (χ4v) is 3.29. The number of ether oxygens (including phenoxy) is 1. The lowest BCUT2D eigenvalue weighted by Crippen LogP contribution is -2.11. The summed E-state index contributed by atoms with van der Waals surface area (Å²) in [6.07, 6.45) is -3.31. The number of aromatic nitrogens is 2. The molecular formula is C17H13F3N2O3S. The SMILES string of the molecule is COc1ccc(OS(=O)c2cccc(C(F)(F)F)c2-c2ccn[nH]2)cc1. The molecular weight excluding hydrogens is 369 g/mol. The molecule has 9 heteroatoms. The zero-order chi connectivity index (χ0) is 18.7. The van der Waals surface area contributed by atoms with Gasteiger partial charge in [-0.15, -0.1) is 0 Å². The summed E-state index contributed by atoms with van der Waals surface area (Å²) in [6.45, 7) is 0. The maximum atomic E-state index is 13.4. The third kappa shape index (κ3) is 3.72. The summed E-state index contributed by atoms with van der Waals surface area (Å²) in [5, 5.41) is 6.16. The number of hydrogen-bond donors (Lipinski definition) is 1. The Morgan fingerprint density at radius 2 is 1.73 bits per heavy atom. The van der Waals surface area contributed by atoms with Crippen LogP contribution >= 0.6 is 0 Å². The molecule has 2 aromatic carbocycles. The molecule has 3 aromatic rings. The minimum absolute atomic E-state index is 0.0969. The average Bonchev–Trinajstić information content (AvgIpc) is 3.15. The Morgan fingerprint density at radius 1 is 1.04 bits per heavy atom. The van der Waals surface area contributed by atoms with Gasteiger partial charge in [-0.2, -0.15) is 18.3 Å². The van der Waals surface area contributed by atoms with E-state index in [0.29, 0.717) is 5.75 Å². The third-order valence-corrected chi connectivity index (χ3v) is 4.56. The number of aromatic amines is 1. The van der Waals surface area contributed by atoms with Crippen LogP contribution in [0.5, 0.6) is 11.5 Å². The van der Waals surface area contributed by atoms with Gasteiger partial charge in [0.25, 0.3) is 0 Å². The summed E-state index contributed by atoms with van der Waals surface area (Å²) < 4.78 is 63.2. The van der Waals surface area contributed by atoms with Gasteiger partial charge in [-0.05, 0) is 42.5 Å². The van der Waals surface area contributed by atoms with Crippen molar-refractivity contribution in [1.82, 2.24) is 10.2 Å². The Kier molecular flexibility index (Phi) is 4.99. The fraction of sp³-hybridized carbons (Fsp3) is 0.118. The van der Waals surface area contributed by atoms with Crippen LogP contribution in [0, 0.1) is 0 Å². The molecule has 0 amide bonds. The van der Waals surface area contributed by atoms with E-state index in [1.807, 2.05) is 0 Å². The molecule has 0 aliphatic carbocycles. The summed E-state index contributed by atoms with van der Waals surface area (Å²) in [4.78, 5) is -0.111. The van der Waals surface area contributed by atoms with E-state index >= 15 is 0 Å². The average molecular weight is 382 g/mol. The number of methoxy groups -OCH3 is 1.